The van der Waals surface area contributed by atoms with Crippen LogP contribution >= 0.6 is 15.9 Å². The molecule has 144 valence electrons. The molecule has 0 aromatic heterocycles. The van der Waals surface area contributed by atoms with E-state index in [9.17, 15) is 9.90 Å². The first-order chi connectivity index (χ1) is 13.0. The molecule has 0 radical (unpaired) electrons. The third-order valence-corrected chi connectivity index (χ3v) is 7.28. The van der Waals surface area contributed by atoms with E-state index >= 15 is 0 Å². The van der Waals surface area contributed by atoms with Gasteiger partial charge in [-0.15, -0.1) is 0 Å². The summed E-state index contributed by atoms with van der Waals surface area (Å²) in [6.07, 6.45) is 6.18. The number of carbonyl (C=O) groups excluding carboxylic acids is 1. The fourth-order valence-electron chi connectivity index (χ4n) is 5.11. The number of benzene rings is 1. The summed E-state index contributed by atoms with van der Waals surface area (Å²) in [6, 6.07) is 8.16. The number of aliphatic hydroxyl groups is 1. The van der Waals surface area contributed by atoms with Gasteiger partial charge < -0.3 is 14.9 Å². The van der Waals surface area contributed by atoms with Gasteiger partial charge in [-0.1, -0.05) is 0 Å². The van der Waals surface area contributed by atoms with Gasteiger partial charge in [0.15, 0.2) is 0 Å². The Kier molecular flexibility index (Phi) is 5.17. The number of nitriles is 1. The summed E-state index contributed by atoms with van der Waals surface area (Å²) in [4.78, 5) is 17.8. The van der Waals surface area contributed by atoms with Crippen LogP contribution in [0.25, 0.3) is 0 Å². The highest BCUT2D eigenvalue weighted by atomic mass is 79.9. The van der Waals surface area contributed by atoms with E-state index in [4.69, 9.17) is 5.26 Å². The first-order valence-corrected chi connectivity index (χ1v) is 10.8. The Bertz CT molecular complexity index is 769. The van der Waals surface area contributed by atoms with Crippen molar-refractivity contribution < 1.29 is 9.90 Å². The Morgan fingerprint density at radius 2 is 1.96 bits per heavy atom. The second-order valence-electron chi connectivity index (χ2n) is 8.29. The maximum Gasteiger partial charge on any atom is 0.230 e. The van der Waals surface area contributed by atoms with Crippen molar-refractivity contribution in [2.75, 3.05) is 24.5 Å². The number of nitrogens with zero attached hydrogens (tertiary/aromatic N) is 3. The number of likely N-dealkylation sites (tertiary alicyclic amines) is 1. The van der Waals surface area contributed by atoms with Gasteiger partial charge >= 0.3 is 0 Å². The molecule has 1 saturated carbocycles. The molecule has 1 spiro atoms. The fraction of sp³-hybridized carbons (Fsp3) is 0.619. The number of amides is 1. The molecule has 4 rings (SSSR count). The number of piperidine rings is 1. The van der Waals surface area contributed by atoms with Gasteiger partial charge in [0.2, 0.25) is 5.91 Å². The summed E-state index contributed by atoms with van der Waals surface area (Å²) in [7, 11) is 0. The average Bonchev–Trinajstić information content (AvgIpc) is 2.98. The van der Waals surface area contributed by atoms with Crippen LogP contribution < -0.4 is 4.90 Å². The van der Waals surface area contributed by atoms with Crippen molar-refractivity contribution in [1.29, 1.82) is 5.26 Å². The molecule has 5 nitrogen and oxygen atoms in total. The molecule has 2 heterocycles. The predicted octanol–water partition coefficient (Wildman–Crippen LogP) is 3.44. The summed E-state index contributed by atoms with van der Waals surface area (Å²) < 4.78 is 0.919. The van der Waals surface area contributed by atoms with Crippen molar-refractivity contribution in [3.63, 3.8) is 0 Å². The van der Waals surface area contributed by atoms with Crippen LogP contribution in [-0.4, -0.2) is 47.7 Å². The van der Waals surface area contributed by atoms with E-state index < -0.39 is 0 Å². The third kappa shape index (κ3) is 3.48. The van der Waals surface area contributed by atoms with E-state index in [0.29, 0.717) is 17.5 Å². The van der Waals surface area contributed by atoms with Crippen LogP contribution in [0.3, 0.4) is 0 Å². The van der Waals surface area contributed by atoms with Gasteiger partial charge in [0.1, 0.15) is 0 Å². The van der Waals surface area contributed by atoms with Crippen molar-refractivity contribution in [3.05, 3.63) is 28.2 Å². The Labute approximate surface area is 169 Å². The summed E-state index contributed by atoms with van der Waals surface area (Å²) in [5.74, 6) is 0.318. The topological polar surface area (TPSA) is 67.6 Å². The molecule has 1 aromatic rings. The summed E-state index contributed by atoms with van der Waals surface area (Å²) >= 11 is 3.60. The Morgan fingerprint density at radius 3 is 2.67 bits per heavy atom. The molecular formula is C21H26BrN3O2. The summed E-state index contributed by atoms with van der Waals surface area (Å²) in [6.45, 7) is 2.54. The monoisotopic (exact) mass is 431 g/mol. The smallest absolute Gasteiger partial charge is 0.230 e. The van der Waals surface area contributed by atoms with Crippen LogP contribution in [0.15, 0.2) is 22.7 Å². The second-order valence-corrected chi connectivity index (χ2v) is 9.15. The highest BCUT2D eigenvalue weighted by Gasteiger charge is 2.50. The lowest BCUT2D eigenvalue weighted by Gasteiger charge is -2.41. The standard InChI is InChI=1S/C21H26BrN3O2/c22-18-12-15(13-23)2-7-19(18)24-10-1-8-21(14-24)9-11-25(20(21)27)16-3-5-17(26)6-4-16/h2,7,12,16-17,26H,1,3-6,8-11,14H2/t16-,17-,21?. The molecule has 0 bridgehead atoms. The van der Waals surface area contributed by atoms with Gasteiger partial charge in [-0.2, -0.15) is 5.26 Å². The quantitative estimate of drug-likeness (QED) is 0.778. The first-order valence-electron chi connectivity index (χ1n) is 9.96. The molecule has 1 atom stereocenters. The molecule has 1 aliphatic carbocycles. The predicted molar refractivity (Wildman–Crippen MR) is 107 cm³/mol. The Morgan fingerprint density at radius 1 is 1.19 bits per heavy atom. The normalized spacial score (nSPS) is 31.4. The molecule has 3 aliphatic rings. The number of carbonyl (C=O) groups is 1. The maximum atomic E-state index is 13.4. The van der Waals surface area contributed by atoms with E-state index in [-0.39, 0.29) is 11.5 Å². The van der Waals surface area contributed by atoms with Gasteiger partial charge in [-0.05, 0) is 79.1 Å². The van der Waals surface area contributed by atoms with Crippen LogP contribution in [0.2, 0.25) is 0 Å². The Balaban J connectivity index is 1.51. The van der Waals surface area contributed by atoms with Gasteiger partial charge in [0.05, 0.1) is 28.8 Å². The number of anilines is 1. The SMILES string of the molecule is N#Cc1ccc(N2CCCC3(CCN([C@H]4CC[C@H](O)CC4)C3=O)C2)c(Br)c1. The molecule has 2 aliphatic heterocycles. The summed E-state index contributed by atoms with van der Waals surface area (Å²) in [5.41, 5.74) is 1.43. The lowest BCUT2D eigenvalue weighted by Crippen LogP contribution is -2.50. The molecule has 1 amide bonds. The lowest BCUT2D eigenvalue weighted by molar-refractivity contribution is -0.139. The van der Waals surface area contributed by atoms with Crippen LogP contribution in [0.1, 0.15) is 50.5 Å². The molecular weight excluding hydrogens is 406 g/mol. The third-order valence-electron chi connectivity index (χ3n) is 6.65. The summed E-state index contributed by atoms with van der Waals surface area (Å²) in [5, 5.41) is 18.9. The number of aliphatic hydroxyl groups excluding tert-OH is 1. The minimum absolute atomic E-state index is 0.188. The number of hydrogen-bond donors (Lipinski definition) is 1. The zero-order valence-electron chi connectivity index (χ0n) is 15.5. The molecule has 2 saturated heterocycles. The average molecular weight is 432 g/mol. The van der Waals surface area contributed by atoms with E-state index in [2.05, 4.69) is 31.8 Å². The van der Waals surface area contributed by atoms with Crippen molar-refractivity contribution in [2.45, 2.75) is 57.1 Å². The maximum absolute atomic E-state index is 13.4. The van der Waals surface area contributed by atoms with Crippen LogP contribution in [0.5, 0.6) is 0 Å². The molecule has 3 fully saturated rings. The molecule has 1 N–H and O–H groups in total. The minimum atomic E-state index is -0.276. The largest absolute Gasteiger partial charge is 0.393 e. The van der Waals surface area contributed by atoms with E-state index in [1.807, 2.05) is 18.2 Å². The van der Waals surface area contributed by atoms with Crippen LogP contribution in [-0.2, 0) is 4.79 Å². The Hall–Kier alpha value is -1.58. The highest BCUT2D eigenvalue weighted by molar-refractivity contribution is 9.10. The van der Waals surface area contributed by atoms with Crippen molar-refractivity contribution >= 4 is 27.5 Å². The number of rotatable bonds is 2. The first kappa shape index (κ1) is 18.8. The van der Waals surface area contributed by atoms with Crippen molar-refractivity contribution in [1.82, 2.24) is 4.90 Å². The lowest BCUT2D eigenvalue weighted by atomic mass is 9.78. The van der Waals surface area contributed by atoms with Crippen LogP contribution in [0.4, 0.5) is 5.69 Å². The fourth-order valence-corrected chi connectivity index (χ4v) is 5.74. The zero-order chi connectivity index (χ0) is 19.0. The van der Waals surface area contributed by atoms with Gasteiger partial charge in [-0.25, -0.2) is 0 Å². The van der Waals surface area contributed by atoms with E-state index in [1.54, 1.807) is 0 Å². The van der Waals surface area contributed by atoms with Gasteiger partial charge in [0.25, 0.3) is 0 Å². The van der Waals surface area contributed by atoms with E-state index in [1.165, 1.54) is 0 Å². The molecule has 6 heteroatoms. The second kappa shape index (κ2) is 7.44. The van der Waals surface area contributed by atoms with Gasteiger partial charge in [-0.3, -0.25) is 4.79 Å². The van der Waals surface area contributed by atoms with Crippen LogP contribution in [0, 0.1) is 16.7 Å². The van der Waals surface area contributed by atoms with Crippen molar-refractivity contribution in [3.8, 4) is 6.07 Å². The zero-order valence-corrected chi connectivity index (χ0v) is 17.1. The van der Waals surface area contributed by atoms with Gasteiger partial charge in [0, 0.05) is 30.1 Å². The molecule has 1 unspecified atom stereocenters. The highest BCUT2D eigenvalue weighted by Crippen LogP contribution is 2.44. The van der Waals surface area contributed by atoms with E-state index in [0.717, 1.165) is 74.7 Å². The molecule has 27 heavy (non-hydrogen) atoms. The minimum Gasteiger partial charge on any atom is -0.393 e. The number of halogens is 1. The molecule has 1 aromatic carbocycles. The van der Waals surface area contributed by atoms with Crippen molar-refractivity contribution in [2.24, 2.45) is 5.41 Å². The number of hydrogen-bond acceptors (Lipinski definition) is 4.